The molecule has 5 nitrogen and oxygen atoms in total. The van der Waals surface area contributed by atoms with Gasteiger partial charge in [-0.15, -0.1) is 35.9 Å². The number of anilines is 1. The molecule has 0 heterocycles. The van der Waals surface area contributed by atoms with Crippen molar-refractivity contribution in [1.29, 1.82) is 0 Å². The van der Waals surface area contributed by atoms with Crippen LogP contribution in [0.25, 0.3) is 22.3 Å². The Balaban J connectivity index is 0.000000334. The number of hydrogen-bond acceptors (Lipinski definition) is 4. The minimum atomic E-state index is -3.67. The summed E-state index contributed by atoms with van der Waals surface area (Å²) >= 11 is 0. The van der Waals surface area contributed by atoms with Gasteiger partial charge in [-0.1, -0.05) is 102 Å². The van der Waals surface area contributed by atoms with Crippen molar-refractivity contribution >= 4 is 29.0 Å². The number of ether oxygens (including phenoxy) is 1. The first-order valence-electron chi connectivity index (χ1n) is 19.9. The fourth-order valence-electron chi connectivity index (χ4n) is 8.13. The minimum Gasteiger partial charge on any atom is -0.496 e. The Kier molecular flexibility index (Phi) is 18.1. The van der Waals surface area contributed by atoms with E-state index in [4.69, 9.17) is 9.29 Å². The molecular weight excluding hydrogens is 812 g/mol. The van der Waals surface area contributed by atoms with Crippen molar-refractivity contribution in [3.63, 3.8) is 0 Å². The molecule has 0 unspecified atom stereocenters. The molecule has 8 heteroatoms. The van der Waals surface area contributed by atoms with Crippen LogP contribution in [0.5, 0.6) is 5.75 Å². The monoisotopic (exact) mass is 877 g/mol. The molecule has 0 aliphatic heterocycles. The Labute approximate surface area is 349 Å². The van der Waals surface area contributed by atoms with E-state index in [0.29, 0.717) is 6.26 Å². The number of nitrogens with one attached hydrogen (secondary N) is 1. The molecule has 2 fully saturated rings. The summed E-state index contributed by atoms with van der Waals surface area (Å²) in [6, 6.07) is 33.8. The van der Waals surface area contributed by atoms with Crippen LogP contribution >= 0.6 is 7.92 Å². The number of methoxy groups -OCH3 is 1. The van der Waals surface area contributed by atoms with Crippen LogP contribution in [0.1, 0.15) is 117 Å². The number of benzene rings is 4. The van der Waals surface area contributed by atoms with Crippen LogP contribution in [-0.4, -0.2) is 44.7 Å². The maximum atomic E-state index is 9.19. The SMILES string of the molecule is CNc1ccccc1-c1[c-]cccc1.COc1cc(C(C)(C)C)cc(C(C)(C)C)c1-c1ccccc1[PH+](C1CCCCC1)C1CCCCC1.CS(=O)(=O)O.[Pd]. The average molecular weight is 879 g/mol. The van der Waals surface area contributed by atoms with Gasteiger partial charge in [-0.3, -0.25) is 4.55 Å². The first kappa shape index (κ1) is 46.9. The van der Waals surface area contributed by atoms with Gasteiger partial charge < -0.3 is 10.1 Å². The second kappa shape index (κ2) is 21.3. The second-order valence-electron chi connectivity index (χ2n) is 17.1. The van der Waals surface area contributed by atoms with E-state index >= 15 is 0 Å². The van der Waals surface area contributed by atoms with E-state index < -0.39 is 18.0 Å². The standard InChI is InChI=1S/C33H49OP.C13H12N.CH4O3S.Pd/c1-32(2,3)24-22-28(33(4,5)6)31(29(23-24)34-7)27-20-14-15-21-30(27)35(25-16-10-8-11-17-25)26-18-12-9-13-19-26;1-14-13-10-6-5-9-12(13)11-7-3-2-4-8-11;1-5(2,3)4;/h14-15,20-23,25-26H,8-13,16-19H2,1-7H3;2-7,9-10,14H,1H3;1H3,(H,2,3,4);/q;-1;;/p+1. The topological polar surface area (TPSA) is 75.6 Å². The molecule has 0 bridgehead atoms. The van der Waals surface area contributed by atoms with E-state index in [9.17, 15) is 8.42 Å². The normalized spacial score (nSPS) is 15.5. The summed E-state index contributed by atoms with van der Waals surface area (Å²) in [5, 5.41) is 4.87. The van der Waals surface area contributed by atoms with Crippen molar-refractivity contribution < 1.29 is 38.1 Å². The second-order valence-corrected chi connectivity index (χ2v) is 21.6. The summed E-state index contributed by atoms with van der Waals surface area (Å²) in [6.45, 7) is 14.1. The quantitative estimate of drug-likeness (QED) is 0.0837. The van der Waals surface area contributed by atoms with E-state index in [-0.39, 0.29) is 31.3 Å². The Morgan fingerprint density at radius 2 is 1.25 bits per heavy atom. The van der Waals surface area contributed by atoms with Crippen LogP contribution in [0, 0.1) is 6.07 Å². The van der Waals surface area contributed by atoms with E-state index in [2.05, 4.69) is 108 Å². The first-order chi connectivity index (χ1) is 25.5. The van der Waals surface area contributed by atoms with Gasteiger partial charge in [-0.05, 0) is 97.2 Å². The first-order valence-corrected chi connectivity index (χ1v) is 23.4. The minimum absolute atomic E-state index is 0. The maximum Gasteiger partial charge on any atom is 0.261 e. The average Bonchev–Trinajstić information content (AvgIpc) is 3.15. The Morgan fingerprint density at radius 3 is 1.73 bits per heavy atom. The summed E-state index contributed by atoms with van der Waals surface area (Å²) in [4.78, 5) is 0. The van der Waals surface area contributed by atoms with Crippen LogP contribution in [0.3, 0.4) is 0 Å². The molecule has 2 aliphatic carbocycles. The van der Waals surface area contributed by atoms with Gasteiger partial charge in [0.1, 0.15) is 5.75 Å². The molecular formula is C47H66NO4PPdS. The fraction of sp³-hybridized carbons (Fsp3) is 0.489. The Hall–Kier alpha value is -2.52. The summed E-state index contributed by atoms with van der Waals surface area (Å²) in [6.07, 6.45) is 15.1. The molecule has 0 aromatic heterocycles. The molecule has 0 amide bonds. The van der Waals surface area contributed by atoms with Crippen LogP contribution < -0.4 is 15.4 Å². The van der Waals surface area contributed by atoms with Crippen LogP contribution in [0.2, 0.25) is 0 Å². The van der Waals surface area contributed by atoms with Gasteiger partial charge in [0.05, 0.1) is 30.0 Å². The van der Waals surface area contributed by atoms with Gasteiger partial charge in [0.15, 0.2) is 0 Å². The molecule has 304 valence electrons. The predicted octanol–water partition coefficient (Wildman–Crippen LogP) is 12.2. The third kappa shape index (κ3) is 13.8. The van der Waals surface area contributed by atoms with E-state index in [1.54, 1.807) is 5.30 Å². The molecule has 2 aliphatic rings. The van der Waals surface area contributed by atoms with Gasteiger partial charge in [-0.2, -0.15) is 8.42 Å². The largest absolute Gasteiger partial charge is 0.496 e. The zero-order valence-electron chi connectivity index (χ0n) is 34.7. The molecule has 2 N–H and O–H groups in total. The molecule has 0 radical (unpaired) electrons. The summed E-state index contributed by atoms with van der Waals surface area (Å²) < 4.78 is 32.1. The molecule has 55 heavy (non-hydrogen) atoms. The molecule has 0 spiro atoms. The van der Waals surface area contributed by atoms with Gasteiger partial charge in [0.25, 0.3) is 10.1 Å². The van der Waals surface area contributed by atoms with Gasteiger partial charge in [0.2, 0.25) is 0 Å². The molecule has 6 rings (SSSR count). The predicted molar refractivity (Wildman–Crippen MR) is 235 cm³/mol. The van der Waals surface area contributed by atoms with E-state index in [0.717, 1.165) is 28.3 Å². The van der Waals surface area contributed by atoms with Gasteiger partial charge in [0, 0.05) is 46.5 Å². The summed E-state index contributed by atoms with van der Waals surface area (Å²) in [5.74, 6) is 1.06. The summed E-state index contributed by atoms with van der Waals surface area (Å²) in [7, 11) is -0.545. The number of para-hydroxylation sites is 1. The van der Waals surface area contributed by atoms with Gasteiger partial charge in [-0.25, -0.2) is 0 Å². The molecule has 2 saturated carbocycles. The van der Waals surface area contributed by atoms with Crippen molar-refractivity contribution in [3.05, 3.63) is 102 Å². The van der Waals surface area contributed by atoms with Crippen molar-refractivity contribution in [2.24, 2.45) is 0 Å². The van der Waals surface area contributed by atoms with Crippen molar-refractivity contribution in [3.8, 4) is 28.0 Å². The Morgan fingerprint density at radius 1 is 0.745 bits per heavy atom. The van der Waals surface area contributed by atoms with Crippen LogP contribution in [-0.2, 0) is 41.4 Å². The number of rotatable bonds is 7. The van der Waals surface area contributed by atoms with Gasteiger partial charge >= 0.3 is 0 Å². The third-order valence-electron chi connectivity index (χ3n) is 10.8. The maximum absolute atomic E-state index is 9.19. The fourth-order valence-corrected chi connectivity index (χ4v) is 12.5. The van der Waals surface area contributed by atoms with E-state index in [1.807, 2.05) is 44.5 Å². The zero-order chi connectivity index (χ0) is 39.5. The molecule has 4 aromatic carbocycles. The van der Waals surface area contributed by atoms with Crippen molar-refractivity contribution in [2.45, 2.75) is 128 Å². The molecule has 0 atom stereocenters. The van der Waals surface area contributed by atoms with Crippen molar-refractivity contribution in [2.75, 3.05) is 25.7 Å². The van der Waals surface area contributed by atoms with E-state index in [1.165, 1.54) is 92.0 Å². The third-order valence-corrected chi connectivity index (χ3v) is 14.8. The summed E-state index contributed by atoms with van der Waals surface area (Å²) in [5.41, 5.74) is 11.1. The molecule has 4 aromatic rings. The smallest absolute Gasteiger partial charge is 0.261 e. The number of hydrogen-bond donors (Lipinski definition) is 2. The Bertz CT molecular complexity index is 1850. The zero-order valence-corrected chi connectivity index (χ0v) is 38.1. The van der Waals surface area contributed by atoms with Crippen LogP contribution in [0.15, 0.2) is 84.9 Å². The van der Waals surface area contributed by atoms with Crippen LogP contribution in [0.4, 0.5) is 5.69 Å². The van der Waals surface area contributed by atoms with Crippen molar-refractivity contribution in [1.82, 2.24) is 0 Å². The molecule has 0 saturated heterocycles.